The van der Waals surface area contributed by atoms with Gasteiger partial charge in [-0.05, 0) is 20.8 Å². The number of methoxy groups -OCH3 is 1. The van der Waals surface area contributed by atoms with Crippen molar-refractivity contribution in [1.82, 2.24) is 0 Å². The molecule has 0 aliphatic carbocycles. The second-order valence-electron chi connectivity index (χ2n) is 3.40. The van der Waals surface area contributed by atoms with Crippen molar-refractivity contribution in [3.8, 4) is 0 Å². The summed E-state index contributed by atoms with van der Waals surface area (Å²) in [6.07, 6.45) is 0.679. The van der Waals surface area contributed by atoms with Crippen LogP contribution >= 0.6 is 0 Å². The van der Waals surface area contributed by atoms with Crippen LogP contribution in [0, 0.1) is 0 Å². The first kappa shape index (κ1) is 11.6. The Morgan fingerprint density at radius 2 is 2.00 bits per heavy atom. The molecule has 0 saturated carbocycles. The van der Waals surface area contributed by atoms with Gasteiger partial charge in [-0.1, -0.05) is 6.92 Å². The lowest BCUT2D eigenvalue weighted by molar-refractivity contribution is 0.393. The second kappa shape index (κ2) is 4.60. The van der Waals surface area contributed by atoms with Gasteiger partial charge in [0, 0.05) is 6.42 Å². The molecule has 0 spiro atoms. The lowest BCUT2D eigenvalue weighted by atomic mass is 10.3. The van der Waals surface area contributed by atoms with Crippen molar-refractivity contribution in [3.05, 3.63) is 0 Å². The summed E-state index contributed by atoms with van der Waals surface area (Å²) in [5.41, 5.74) is 0. The third kappa shape index (κ3) is 3.85. The molecule has 1 unspecified atom stereocenters. The highest BCUT2D eigenvalue weighted by Gasteiger charge is 2.19. The predicted octanol–water partition coefficient (Wildman–Crippen LogP) is 1.90. The number of hydrogen-bond donors (Lipinski definition) is 0. The molecule has 72 valence electrons. The molecule has 0 rings (SSSR count). The summed E-state index contributed by atoms with van der Waals surface area (Å²) >= 11 is 0. The molecular formula is C8H17NO2S. The normalized spacial score (nSPS) is 15.9. The molecule has 0 aliphatic rings. The minimum absolute atomic E-state index is 0.307. The number of ether oxygens (including phenoxy) is 1. The van der Waals surface area contributed by atoms with E-state index in [4.69, 9.17) is 4.74 Å². The van der Waals surface area contributed by atoms with Gasteiger partial charge in [-0.2, -0.15) is 4.40 Å². The van der Waals surface area contributed by atoms with E-state index < -0.39 is 11.0 Å². The van der Waals surface area contributed by atoms with Crippen molar-refractivity contribution in [2.45, 2.75) is 38.9 Å². The molecule has 0 heterocycles. The van der Waals surface area contributed by atoms with E-state index in [1.807, 2.05) is 27.7 Å². The van der Waals surface area contributed by atoms with Gasteiger partial charge in [0.1, 0.15) is 11.0 Å². The maximum Gasteiger partial charge on any atom is 0.197 e. The third-order valence-corrected chi connectivity index (χ3v) is 2.66. The van der Waals surface area contributed by atoms with Gasteiger partial charge >= 0.3 is 0 Å². The van der Waals surface area contributed by atoms with Crippen molar-refractivity contribution in [1.29, 1.82) is 0 Å². The quantitative estimate of drug-likeness (QED) is 0.494. The Bertz CT molecular complexity index is 188. The fraction of sp³-hybridized carbons (Fsp3) is 0.875. The monoisotopic (exact) mass is 191 g/mol. The first-order valence-corrected chi connectivity index (χ1v) is 5.06. The smallest absolute Gasteiger partial charge is 0.197 e. The molecule has 1 atom stereocenters. The largest absolute Gasteiger partial charge is 0.484 e. The molecule has 12 heavy (non-hydrogen) atoms. The Balaban J connectivity index is 4.42. The fourth-order valence-corrected chi connectivity index (χ4v) is 1.14. The number of hydrogen-bond acceptors (Lipinski definition) is 2. The van der Waals surface area contributed by atoms with Crippen LogP contribution in [0.1, 0.15) is 34.1 Å². The zero-order valence-electron chi connectivity index (χ0n) is 8.38. The van der Waals surface area contributed by atoms with Gasteiger partial charge in [0.05, 0.1) is 11.9 Å². The van der Waals surface area contributed by atoms with Crippen LogP contribution < -0.4 is 0 Å². The standard InChI is InChI=1S/C8H17NO2S/c1-6-7(11-5)9-12(10)8(2,3)4/h6H2,1-5H3/b9-7-. The summed E-state index contributed by atoms with van der Waals surface area (Å²) in [5.74, 6) is 0.545. The van der Waals surface area contributed by atoms with Crippen molar-refractivity contribution in [2.24, 2.45) is 4.40 Å². The molecule has 0 saturated heterocycles. The molecule has 0 aromatic carbocycles. The highest BCUT2D eigenvalue weighted by Crippen LogP contribution is 2.12. The lowest BCUT2D eigenvalue weighted by Gasteiger charge is -2.13. The summed E-state index contributed by atoms with van der Waals surface area (Å²) in [6.45, 7) is 7.57. The Labute approximate surface area is 76.8 Å². The number of rotatable bonds is 2. The van der Waals surface area contributed by atoms with Crippen LogP contribution in [0.2, 0.25) is 0 Å². The van der Waals surface area contributed by atoms with Crippen molar-refractivity contribution >= 4 is 16.9 Å². The van der Waals surface area contributed by atoms with Crippen molar-refractivity contribution < 1.29 is 8.95 Å². The fourth-order valence-electron chi connectivity index (χ4n) is 0.476. The van der Waals surface area contributed by atoms with E-state index >= 15 is 0 Å². The van der Waals surface area contributed by atoms with Crippen LogP contribution in [0.4, 0.5) is 0 Å². The lowest BCUT2D eigenvalue weighted by Crippen LogP contribution is -2.21. The Morgan fingerprint density at radius 3 is 2.25 bits per heavy atom. The maximum atomic E-state index is 11.4. The Kier molecular flexibility index (Phi) is 4.45. The number of nitrogens with zero attached hydrogens (tertiary/aromatic N) is 1. The van der Waals surface area contributed by atoms with Crippen molar-refractivity contribution in [2.75, 3.05) is 7.11 Å². The van der Waals surface area contributed by atoms with Gasteiger partial charge in [-0.25, -0.2) is 4.21 Å². The minimum atomic E-state index is -1.20. The molecular weight excluding hydrogens is 174 g/mol. The molecule has 0 bridgehead atoms. The molecule has 0 aliphatic heterocycles. The summed E-state index contributed by atoms with van der Waals surface area (Å²) in [5, 5.41) is 0. The molecule has 0 aromatic heterocycles. The first-order valence-electron chi connectivity index (χ1n) is 3.95. The van der Waals surface area contributed by atoms with E-state index in [1.165, 1.54) is 0 Å². The molecule has 0 amide bonds. The zero-order valence-corrected chi connectivity index (χ0v) is 9.20. The van der Waals surface area contributed by atoms with Crippen LogP contribution in [0.15, 0.2) is 4.40 Å². The molecule has 0 aromatic rings. The first-order chi connectivity index (χ1) is 5.41. The van der Waals surface area contributed by atoms with Gasteiger partial charge in [-0.15, -0.1) is 0 Å². The van der Waals surface area contributed by atoms with Gasteiger partial charge in [0.25, 0.3) is 0 Å². The van der Waals surface area contributed by atoms with Gasteiger partial charge in [0.2, 0.25) is 0 Å². The Hall–Kier alpha value is -0.380. The van der Waals surface area contributed by atoms with E-state index in [0.717, 1.165) is 0 Å². The van der Waals surface area contributed by atoms with Crippen molar-refractivity contribution in [3.63, 3.8) is 0 Å². The average Bonchev–Trinajstić information content (AvgIpc) is 1.97. The van der Waals surface area contributed by atoms with E-state index in [-0.39, 0.29) is 4.75 Å². The van der Waals surface area contributed by atoms with Crippen LogP contribution in [-0.4, -0.2) is 22.0 Å². The SMILES string of the molecule is CC/C(=N/S(=O)C(C)(C)C)OC. The van der Waals surface area contributed by atoms with E-state index in [9.17, 15) is 4.21 Å². The van der Waals surface area contributed by atoms with Crippen LogP contribution in [0.25, 0.3) is 0 Å². The van der Waals surface area contributed by atoms with E-state index in [1.54, 1.807) is 7.11 Å². The van der Waals surface area contributed by atoms with Gasteiger partial charge < -0.3 is 4.74 Å². The average molecular weight is 191 g/mol. The molecule has 0 radical (unpaired) electrons. The second-order valence-corrected chi connectivity index (χ2v) is 5.31. The maximum absolute atomic E-state index is 11.4. The minimum Gasteiger partial charge on any atom is -0.484 e. The van der Waals surface area contributed by atoms with E-state index in [2.05, 4.69) is 4.40 Å². The predicted molar refractivity (Wildman–Crippen MR) is 52.6 cm³/mol. The highest BCUT2D eigenvalue weighted by molar-refractivity contribution is 7.85. The summed E-state index contributed by atoms with van der Waals surface area (Å²) in [7, 11) is 0.340. The molecule has 4 heteroatoms. The summed E-state index contributed by atoms with van der Waals surface area (Å²) in [4.78, 5) is 0. The summed E-state index contributed by atoms with van der Waals surface area (Å²) < 4.78 is 20.0. The Morgan fingerprint density at radius 1 is 1.50 bits per heavy atom. The van der Waals surface area contributed by atoms with Crippen LogP contribution in [0.3, 0.4) is 0 Å². The van der Waals surface area contributed by atoms with Gasteiger partial charge in [0.15, 0.2) is 5.90 Å². The van der Waals surface area contributed by atoms with Crippen LogP contribution in [-0.2, 0) is 15.7 Å². The van der Waals surface area contributed by atoms with E-state index in [0.29, 0.717) is 12.3 Å². The topological polar surface area (TPSA) is 38.7 Å². The molecule has 0 fully saturated rings. The molecule has 0 N–H and O–H groups in total. The highest BCUT2D eigenvalue weighted by atomic mass is 32.2. The van der Waals surface area contributed by atoms with Gasteiger partial charge in [-0.3, -0.25) is 0 Å². The zero-order chi connectivity index (χ0) is 9.78. The van der Waals surface area contributed by atoms with Crippen LogP contribution in [0.5, 0.6) is 0 Å². The molecule has 3 nitrogen and oxygen atoms in total. The third-order valence-electron chi connectivity index (χ3n) is 1.25. The summed E-state index contributed by atoms with van der Waals surface area (Å²) in [6, 6.07) is 0.